The molecule has 0 heterocycles. The smallest absolute Gasteiger partial charge is 0.344 e. The number of rotatable bonds is 7. The van der Waals surface area contributed by atoms with Crippen LogP contribution in [-0.2, 0) is 14.3 Å². The van der Waals surface area contributed by atoms with E-state index < -0.39 is 18.0 Å². The summed E-state index contributed by atoms with van der Waals surface area (Å²) in [6.45, 7) is 8.49. The van der Waals surface area contributed by atoms with Crippen LogP contribution in [0.5, 0.6) is 5.75 Å². The van der Waals surface area contributed by atoms with Gasteiger partial charge in [0.25, 0.3) is 5.91 Å². The minimum Gasteiger partial charge on any atom is -0.481 e. The van der Waals surface area contributed by atoms with Gasteiger partial charge < -0.3 is 14.8 Å². The summed E-state index contributed by atoms with van der Waals surface area (Å²) < 4.78 is 10.7. The van der Waals surface area contributed by atoms with Gasteiger partial charge in [0, 0.05) is 11.3 Å². The summed E-state index contributed by atoms with van der Waals surface area (Å²) in [5.41, 5.74) is 4.05. The van der Waals surface area contributed by atoms with Crippen molar-refractivity contribution in [1.29, 1.82) is 0 Å². The minimum atomic E-state index is -0.983. The number of hydrogen-bond acceptors (Lipinski definition) is 5. The lowest BCUT2D eigenvalue weighted by atomic mass is 10.1. The molecule has 0 saturated heterocycles. The number of hydrogen-bond donors (Lipinski definition) is 1. The highest BCUT2D eigenvalue weighted by atomic mass is 16.6. The minimum absolute atomic E-state index is 0.0563. The third kappa shape index (κ3) is 5.67. The Balaban J connectivity index is 1.87. The molecular formula is C22H25NO5. The lowest BCUT2D eigenvalue weighted by Gasteiger charge is -2.15. The average Bonchev–Trinajstić information content (AvgIpc) is 2.61. The number of carbonyl (C=O) groups excluding carboxylic acids is 3. The first kappa shape index (κ1) is 21.2. The van der Waals surface area contributed by atoms with E-state index in [-0.39, 0.29) is 12.4 Å². The molecule has 6 heteroatoms. The number of Topliss-reactive ketones (excluding diaryl/α,β-unsaturated/α-hetero) is 1. The lowest BCUT2D eigenvalue weighted by molar-refractivity contribution is -0.155. The number of anilines is 1. The van der Waals surface area contributed by atoms with Crippen LogP contribution in [0.2, 0.25) is 0 Å². The van der Waals surface area contributed by atoms with Crippen molar-refractivity contribution in [3.8, 4) is 5.75 Å². The van der Waals surface area contributed by atoms with E-state index in [0.29, 0.717) is 17.0 Å². The molecule has 1 amide bonds. The zero-order valence-corrected chi connectivity index (χ0v) is 16.8. The average molecular weight is 383 g/mol. The van der Waals surface area contributed by atoms with E-state index in [1.807, 2.05) is 32.9 Å². The zero-order valence-electron chi connectivity index (χ0n) is 16.8. The van der Waals surface area contributed by atoms with Crippen LogP contribution in [0.15, 0.2) is 36.4 Å². The molecule has 0 aliphatic heterocycles. The molecule has 6 nitrogen and oxygen atoms in total. The Morgan fingerprint density at radius 2 is 1.57 bits per heavy atom. The van der Waals surface area contributed by atoms with Crippen molar-refractivity contribution in [2.75, 3.05) is 11.9 Å². The SMILES string of the molecule is CC(=O)c1ccc(NC(=O)[C@@H](C)OC(=O)COc2c(C)cc(C)cc2C)cc1. The molecule has 2 aromatic carbocycles. The van der Waals surface area contributed by atoms with E-state index in [4.69, 9.17) is 9.47 Å². The maximum atomic E-state index is 12.2. The molecule has 0 aromatic heterocycles. The molecule has 0 fully saturated rings. The number of nitrogens with one attached hydrogen (secondary N) is 1. The summed E-state index contributed by atoms with van der Waals surface area (Å²) in [4.78, 5) is 35.5. The standard InChI is InChI=1S/C22H25NO5/c1-13-10-14(2)21(15(3)11-13)27-12-20(25)28-17(5)22(26)23-19-8-6-18(7-9-19)16(4)24/h6-11,17H,12H2,1-5H3,(H,23,26)/t17-/m1/s1. The van der Waals surface area contributed by atoms with Gasteiger partial charge in [-0.25, -0.2) is 4.79 Å². The number of esters is 1. The second-order valence-corrected chi connectivity index (χ2v) is 6.77. The van der Waals surface area contributed by atoms with Gasteiger partial charge in [0.2, 0.25) is 0 Å². The maximum Gasteiger partial charge on any atom is 0.344 e. The maximum absolute atomic E-state index is 12.2. The van der Waals surface area contributed by atoms with Crippen molar-refractivity contribution in [3.05, 3.63) is 58.7 Å². The molecule has 28 heavy (non-hydrogen) atoms. The second-order valence-electron chi connectivity index (χ2n) is 6.77. The Morgan fingerprint density at radius 1 is 1.00 bits per heavy atom. The highest BCUT2D eigenvalue weighted by molar-refractivity contribution is 5.97. The van der Waals surface area contributed by atoms with Gasteiger partial charge in [-0.3, -0.25) is 9.59 Å². The predicted molar refractivity (Wildman–Crippen MR) is 107 cm³/mol. The Bertz CT molecular complexity index is 863. The monoisotopic (exact) mass is 383 g/mol. The summed E-state index contributed by atoms with van der Waals surface area (Å²) in [5.74, 6) is -0.509. The molecule has 0 aliphatic carbocycles. The first-order valence-corrected chi connectivity index (χ1v) is 8.99. The fourth-order valence-corrected chi connectivity index (χ4v) is 2.84. The number of ketones is 1. The van der Waals surface area contributed by atoms with Gasteiger partial charge in [0.05, 0.1) is 0 Å². The molecule has 0 bridgehead atoms. The van der Waals surface area contributed by atoms with Crippen LogP contribution in [0.4, 0.5) is 5.69 Å². The summed E-state index contributed by atoms with van der Waals surface area (Å²) in [7, 11) is 0. The quantitative estimate of drug-likeness (QED) is 0.581. The van der Waals surface area contributed by atoms with Crippen molar-refractivity contribution in [2.45, 2.75) is 40.7 Å². The molecule has 2 rings (SSSR count). The summed E-state index contributed by atoms with van der Waals surface area (Å²) >= 11 is 0. The summed E-state index contributed by atoms with van der Waals surface area (Å²) in [6, 6.07) is 10.4. The highest BCUT2D eigenvalue weighted by Gasteiger charge is 2.19. The van der Waals surface area contributed by atoms with Crippen molar-refractivity contribution in [1.82, 2.24) is 0 Å². The fraction of sp³-hybridized carbons (Fsp3) is 0.318. The molecule has 0 saturated carbocycles. The molecular weight excluding hydrogens is 358 g/mol. The number of carbonyl (C=O) groups is 3. The van der Waals surface area contributed by atoms with Crippen LogP contribution in [0.3, 0.4) is 0 Å². The van der Waals surface area contributed by atoms with E-state index in [2.05, 4.69) is 5.32 Å². The molecule has 0 aliphatic rings. The third-order valence-electron chi connectivity index (χ3n) is 4.18. The second kappa shape index (κ2) is 9.17. The van der Waals surface area contributed by atoms with Crippen molar-refractivity contribution in [3.63, 3.8) is 0 Å². The van der Waals surface area contributed by atoms with E-state index >= 15 is 0 Å². The fourth-order valence-electron chi connectivity index (χ4n) is 2.84. The van der Waals surface area contributed by atoms with Crippen LogP contribution < -0.4 is 10.1 Å². The number of amides is 1. The molecule has 0 radical (unpaired) electrons. The van der Waals surface area contributed by atoms with E-state index in [1.165, 1.54) is 13.8 Å². The molecule has 2 aromatic rings. The van der Waals surface area contributed by atoms with Gasteiger partial charge in [0.15, 0.2) is 18.5 Å². The van der Waals surface area contributed by atoms with Crippen molar-refractivity contribution in [2.24, 2.45) is 0 Å². The lowest BCUT2D eigenvalue weighted by Crippen LogP contribution is -2.31. The Labute approximate surface area is 164 Å². The number of benzene rings is 2. The third-order valence-corrected chi connectivity index (χ3v) is 4.18. The largest absolute Gasteiger partial charge is 0.481 e. The van der Waals surface area contributed by atoms with Gasteiger partial charge in [-0.1, -0.05) is 17.7 Å². The van der Waals surface area contributed by atoms with Gasteiger partial charge in [-0.05, 0) is 70.0 Å². The van der Waals surface area contributed by atoms with Crippen molar-refractivity contribution >= 4 is 23.3 Å². The predicted octanol–water partition coefficient (Wildman–Crippen LogP) is 3.76. The van der Waals surface area contributed by atoms with Crippen LogP contribution in [-0.4, -0.2) is 30.4 Å². The summed E-state index contributed by atoms with van der Waals surface area (Å²) in [6.07, 6.45) is -0.983. The highest BCUT2D eigenvalue weighted by Crippen LogP contribution is 2.24. The van der Waals surface area contributed by atoms with Gasteiger partial charge in [-0.15, -0.1) is 0 Å². The molecule has 1 atom stereocenters. The Morgan fingerprint density at radius 3 is 2.11 bits per heavy atom. The van der Waals surface area contributed by atoms with Crippen molar-refractivity contribution < 1.29 is 23.9 Å². The number of ether oxygens (including phenoxy) is 2. The van der Waals surface area contributed by atoms with Crippen LogP contribution >= 0.6 is 0 Å². The van der Waals surface area contributed by atoms with Gasteiger partial charge in [-0.2, -0.15) is 0 Å². The number of aryl methyl sites for hydroxylation is 3. The van der Waals surface area contributed by atoms with Gasteiger partial charge in [0.1, 0.15) is 5.75 Å². The first-order valence-electron chi connectivity index (χ1n) is 8.99. The van der Waals surface area contributed by atoms with Crippen LogP contribution in [0.1, 0.15) is 40.9 Å². The zero-order chi connectivity index (χ0) is 20.8. The topological polar surface area (TPSA) is 81.7 Å². The van der Waals surface area contributed by atoms with Crippen LogP contribution in [0, 0.1) is 20.8 Å². The van der Waals surface area contributed by atoms with E-state index in [9.17, 15) is 14.4 Å². The molecule has 0 unspecified atom stereocenters. The van der Waals surface area contributed by atoms with E-state index in [1.54, 1.807) is 24.3 Å². The van der Waals surface area contributed by atoms with Crippen LogP contribution in [0.25, 0.3) is 0 Å². The summed E-state index contributed by atoms with van der Waals surface area (Å²) in [5, 5.41) is 2.64. The van der Waals surface area contributed by atoms with Gasteiger partial charge >= 0.3 is 5.97 Å². The Hall–Kier alpha value is -3.15. The van der Waals surface area contributed by atoms with E-state index in [0.717, 1.165) is 16.7 Å². The molecule has 1 N–H and O–H groups in total. The molecule has 148 valence electrons. The normalized spacial score (nSPS) is 11.5. The Kier molecular flexibility index (Phi) is 6.93. The molecule has 0 spiro atoms. The first-order chi connectivity index (χ1) is 13.2.